The maximum atomic E-state index is 11.9. The van der Waals surface area contributed by atoms with Crippen molar-refractivity contribution in [2.45, 2.75) is 25.8 Å². The average molecular weight is 279 g/mol. The summed E-state index contributed by atoms with van der Waals surface area (Å²) < 4.78 is 1.50. The summed E-state index contributed by atoms with van der Waals surface area (Å²) in [5, 5.41) is 12.7. The number of carbonyl (C=O) groups excluding carboxylic acids is 2. The standard InChI is InChI=1S/C13H21N5O2/c1-14-13(20)9-18-8-11(7-16-18)17-12(19)6-10-2-4-15-5-3-10/h7-8,10,15H,2-6,9H2,1H3,(H,14,20)(H,17,19). The van der Waals surface area contributed by atoms with Crippen molar-refractivity contribution in [1.29, 1.82) is 0 Å². The van der Waals surface area contributed by atoms with Crippen LogP contribution >= 0.6 is 0 Å². The third-order valence-corrected chi connectivity index (χ3v) is 3.43. The van der Waals surface area contributed by atoms with E-state index >= 15 is 0 Å². The zero-order valence-corrected chi connectivity index (χ0v) is 11.7. The van der Waals surface area contributed by atoms with Gasteiger partial charge in [0.25, 0.3) is 0 Å². The number of nitrogens with one attached hydrogen (secondary N) is 3. The fraction of sp³-hybridized carbons (Fsp3) is 0.615. The highest BCUT2D eigenvalue weighted by Gasteiger charge is 2.17. The van der Waals surface area contributed by atoms with E-state index in [9.17, 15) is 9.59 Å². The molecule has 2 heterocycles. The van der Waals surface area contributed by atoms with Crippen LogP contribution in [0.1, 0.15) is 19.3 Å². The lowest BCUT2D eigenvalue weighted by atomic mass is 9.94. The minimum atomic E-state index is -0.124. The number of piperidine rings is 1. The van der Waals surface area contributed by atoms with Gasteiger partial charge < -0.3 is 16.0 Å². The Morgan fingerprint density at radius 3 is 2.85 bits per heavy atom. The predicted molar refractivity (Wildman–Crippen MR) is 75.1 cm³/mol. The molecule has 1 aromatic rings. The predicted octanol–water partition coefficient (Wildman–Crippen LogP) is -0.0427. The molecule has 0 spiro atoms. The number of aromatic nitrogens is 2. The highest BCUT2D eigenvalue weighted by molar-refractivity contribution is 5.90. The van der Waals surface area contributed by atoms with Crippen LogP contribution in [0, 0.1) is 5.92 Å². The molecule has 1 saturated heterocycles. The fourth-order valence-corrected chi connectivity index (χ4v) is 2.30. The van der Waals surface area contributed by atoms with Crippen LogP contribution in [0.15, 0.2) is 12.4 Å². The lowest BCUT2D eigenvalue weighted by Crippen LogP contribution is -2.30. The van der Waals surface area contributed by atoms with E-state index < -0.39 is 0 Å². The minimum Gasteiger partial charge on any atom is -0.358 e. The molecule has 0 atom stereocenters. The summed E-state index contributed by atoms with van der Waals surface area (Å²) in [4.78, 5) is 23.1. The van der Waals surface area contributed by atoms with Gasteiger partial charge >= 0.3 is 0 Å². The number of carbonyl (C=O) groups is 2. The van der Waals surface area contributed by atoms with Crippen LogP contribution in [0.25, 0.3) is 0 Å². The van der Waals surface area contributed by atoms with Gasteiger partial charge in [0, 0.05) is 19.7 Å². The normalized spacial score (nSPS) is 15.8. The Balaban J connectivity index is 1.80. The first-order valence-electron chi connectivity index (χ1n) is 6.91. The largest absolute Gasteiger partial charge is 0.358 e. The summed E-state index contributed by atoms with van der Waals surface area (Å²) >= 11 is 0. The molecule has 0 unspecified atom stereocenters. The quantitative estimate of drug-likeness (QED) is 0.705. The van der Waals surface area contributed by atoms with Gasteiger partial charge in [-0.1, -0.05) is 0 Å². The molecular formula is C13H21N5O2. The molecule has 0 bridgehead atoms. The molecule has 2 amide bonds. The van der Waals surface area contributed by atoms with Crippen LogP contribution in [0.4, 0.5) is 5.69 Å². The van der Waals surface area contributed by atoms with Crippen molar-refractivity contribution in [3.63, 3.8) is 0 Å². The summed E-state index contributed by atoms with van der Waals surface area (Å²) in [6.07, 6.45) is 5.86. The van der Waals surface area contributed by atoms with Gasteiger partial charge in [-0.05, 0) is 31.8 Å². The van der Waals surface area contributed by atoms with Crippen molar-refractivity contribution < 1.29 is 9.59 Å². The molecule has 7 nitrogen and oxygen atoms in total. The van der Waals surface area contributed by atoms with Crippen molar-refractivity contribution in [2.75, 3.05) is 25.5 Å². The first-order chi connectivity index (χ1) is 9.67. The lowest BCUT2D eigenvalue weighted by Gasteiger charge is -2.21. The molecule has 1 aromatic heterocycles. The Kier molecular flexibility index (Phi) is 5.11. The van der Waals surface area contributed by atoms with E-state index in [1.807, 2.05) is 0 Å². The lowest BCUT2D eigenvalue weighted by molar-refractivity contribution is -0.121. The van der Waals surface area contributed by atoms with Gasteiger partial charge in [0.05, 0.1) is 11.9 Å². The third-order valence-electron chi connectivity index (χ3n) is 3.43. The maximum Gasteiger partial charge on any atom is 0.241 e. The number of anilines is 1. The molecule has 0 aromatic carbocycles. The Morgan fingerprint density at radius 2 is 2.15 bits per heavy atom. The van der Waals surface area contributed by atoms with Gasteiger partial charge in [-0.2, -0.15) is 5.10 Å². The molecule has 20 heavy (non-hydrogen) atoms. The average Bonchev–Trinajstić information content (AvgIpc) is 2.86. The zero-order chi connectivity index (χ0) is 14.4. The molecule has 1 aliphatic rings. The molecule has 1 aliphatic heterocycles. The monoisotopic (exact) mass is 279 g/mol. The number of likely N-dealkylation sites (N-methyl/N-ethyl adjacent to an activating group) is 1. The molecule has 0 aliphatic carbocycles. The summed E-state index contributed by atoms with van der Waals surface area (Å²) in [6.45, 7) is 2.13. The molecule has 110 valence electrons. The Bertz CT molecular complexity index is 465. The van der Waals surface area contributed by atoms with E-state index in [1.54, 1.807) is 19.4 Å². The molecule has 3 N–H and O–H groups in total. The van der Waals surface area contributed by atoms with Crippen LogP contribution in [0.3, 0.4) is 0 Å². The van der Waals surface area contributed by atoms with Gasteiger partial charge in [0.15, 0.2) is 0 Å². The molecule has 0 radical (unpaired) electrons. The summed E-state index contributed by atoms with van der Waals surface area (Å²) in [5.74, 6) is 0.342. The van der Waals surface area contributed by atoms with Crippen molar-refractivity contribution in [3.05, 3.63) is 12.4 Å². The summed E-state index contributed by atoms with van der Waals surface area (Å²) in [7, 11) is 1.58. The minimum absolute atomic E-state index is 0.0105. The second-order valence-electron chi connectivity index (χ2n) is 5.05. The smallest absolute Gasteiger partial charge is 0.241 e. The first-order valence-corrected chi connectivity index (χ1v) is 6.91. The zero-order valence-electron chi connectivity index (χ0n) is 11.7. The summed E-state index contributed by atoms with van der Waals surface area (Å²) in [6, 6.07) is 0. The number of nitrogens with zero attached hydrogens (tertiary/aromatic N) is 2. The number of hydrogen-bond donors (Lipinski definition) is 3. The van der Waals surface area contributed by atoms with Crippen LogP contribution < -0.4 is 16.0 Å². The van der Waals surface area contributed by atoms with Crippen LogP contribution in [0.5, 0.6) is 0 Å². The van der Waals surface area contributed by atoms with Crippen LogP contribution in [0.2, 0.25) is 0 Å². The highest BCUT2D eigenvalue weighted by Crippen LogP contribution is 2.17. The molecule has 7 heteroatoms. The van der Waals surface area contributed by atoms with Gasteiger partial charge in [-0.25, -0.2) is 0 Å². The number of hydrogen-bond acceptors (Lipinski definition) is 4. The molecular weight excluding hydrogens is 258 g/mol. The van der Waals surface area contributed by atoms with E-state index in [2.05, 4.69) is 21.0 Å². The van der Waals surface area contributed by atoms with E-state index in [4.69, 9.17) is 0 Å². The van der Waals surface area contributed by atoms with Gasteiger partial charge in [-0.15, -0.1) is 0 Å². The Hall–Kier alpha value is -1.89. The third kappa shape index (κ3) is 4.34. The number of amides is 2. The van der Waals surface area contributed by atoms with Crippen LogP contribution in [-0.4, -0.2) is 41.7 Å². The second-order valence-corrected chi connectivity index (χ2v) is 5.05. The molecule has 1 fully saturated rings. The van der Waals surface area contributed by atoms with Gasteiger partial charge in [-0.3, -0.25) is 14.3 Å². The topological polar surface area (TPSA) is 88.0 Å². The Labute approximate surface area is 118 Å². The van der Waals surface area contributed by atoms with Crippen molar-refractivity contribution >= 4 is 17.5 Å². The van der Waals surface area contributed by atoms with Gasteiger partial charge in [0.1, 0.15) is 6.54 Å². The first kappa shape index (κ1) is 14.5. The van der Waals surface area contributed by atoms with Gasteiger partial charge in [0.2, 0.25) is 11.8 Å². The van der Waals surface area contributed by atoms with Crippen molar-refractivity contribution in [2.24, 2.45) is 5.92 Å². The maximum absolute atomic E-state index is 11.9. The molecule has 0 saturated carbocycles. The SMILES string of the molecule is CNC(=O)Cn1cc(NC(=O)CC2CCNCC2)cn1. The summed E-state index contributed by atoms with van der Waals surface area (Å²) in [5.41, 5.74) is 0.632. The van der Waals surface area contributed by atoms with Crippen LogP contribution in [-0.2, 0) is 16.1 Å². The van der Waals surface area contributed by atoms with E-state index in [-0.39, 0.29) is 18.4 Å². The number of rotatable bonds is 5. The molecule has 2 rings (SSSR count). The van der Waals surface area contributed by atoms with Crippen molar-refractivity contribution in [1.82, 2.24) is 20.4 Å². The van der Waals surface area contributed by atoms with Crippen molar-refractivity contribution in [3.8, 4) is 0 Å². The van der Waals surface area contributed by atoms with E-state index in [1.165, 1.54) is 4.68 Å². The highest BCUT2D eigenvalue weighted by atomic mass is 16.2. The fourth-order valence-electron chi connectivity index (χ4n) is 2.30. The Morgan fingerprint density at radius 1 is 1.40 bits per heavy atom. The second kappa shape index (κ2) is 7.04. The van der Waals surface area contributed by atoms with E-state index in [0.717, 1.165) is 25.9 Å². The van der Waals surface area contributed by atoms with E-state index in [0.29, 0.717) is 18.0 Å².